The lowest BCUT2D eigenvalue weighted by atomic mass is 10.1. The highest BCUT2D eigenvalue weighted by Gasteiger charge is 2.18. The second-order valence-electron chi connectivity index (χ2n) is 5.91. The van der Waals surface area contributed by atoms with Crippen LogP contribution in [0.1, 0.15) is 23.1 Å². The molecule has 2 rings (SSSR count). The van der Waals surface area contributed by atoms with Gasteiger partial charge in [0.25, 0.3) is 11.6 Å². The van der Waals surface area contributed by atoms with Gasteiger partial charge in [0.1, 0.15) is 5.69 Å². The molecule has 7 nitrogen and oxygen atoms in total. The molecule has 26 heavy (non-hydrogen) atoms. The Morgan fingerprint density at radius 2 is 1.77 bits per heavy atom. The Hall–Kier alpha value is -3.22. The fraction of sp³-hybridized carbons (Fsp3) is 0.263. The highest BCUT2D eigenvalue weighted by molar-refractivity contribution is 5.95. The van der Waals surface area contributed by atoms with E-state index in [4.69, 9.17) is 4.74 Å². The zero-order chi connectivity index (χ0) is 19.1. The Morgan fingerprint density at radius 3 is 2.42 bits per heavy atom. The van der Waals surface area contributed by atoms with Crippen molar-refractivity contribution in [3.63, 3.8) is 0 Å². The van der Waals surface area contributed by atoms with E-state index in [-0.39, 0.29) is 17.8 Å². The molecule has 0 atom stereocenters. The van der Waals surface area contributed by atoms with Crippen molar-refractivity contribution in [1.82, 2.24) is 0 Å². The van der Waals surface area contributed by atoms with E-state index in [1.165, 1.54) is 12.1 Å². The molecule has 0 aliphatic carbocycles. The van der Waals surface area contributed by atoms with Crippen molar-refractivity contribution in [3.05, 3.63) is 69.3 Å². The largest absolute Gasteiger partial charge is 0.456 e. The van der Waals surface area contributed by atoms with Crippen LogP contribution in [-0.2, 0) is 20.7 Å². The molecule has 0 aliphatic heterocycles. The average Bonchev–Trinajstić information content (AvgIpc) is 2.61. The molecule has 0 spiro atoms. The minimum Gasteiger partial charge on any atom is -0.456 e. The summed E-state index contributed by atoms with van der Waals surface area (Å²) in [7, 11) is 0. The molecule has 0 saturated carbocycles. The maximum atomic E-state index is 12.0. The molecule has 0 fully saturated rings. The molecular formula is C19H20N2O5. The maximum Gasteiger partial charge on any atom is 0.306 e. The van der Waals surface area contributed by atoms with Crippen LogP contribution in [0.15, 0.2) is 42.5 Å². The highest BCUT2D eigenvalue weighted by Crippen LogP contribution is 2.27. The molecule has 0 radical (unpaired) electrons. The third kappa shape index (κ3) is 5.41. The summed E-state index contributed by atoms with van der Waals surface area (Å²) in [5.74, 6) is -1.12. The Bertz CT molecular complexity index is 818. The van der Waals surface area contributed by atoms with Crippen molar-refractivity contribution in [2.45, 2.75) is 26.7 Å². The summed E-state index contributed by atoms with van der Waals surface area (Å²) in [6, 6.07) is 12.4. The van der Waals surface area contributed by atoms with Crippen LogP contribution >= 0.6 is 0 Å². The molecule has 0 heterocycles. The quantitative estimate of drug-likeness (QED) is 0.466. The number of hydrogen-bond acceptors (Lipinski definition) is 5. The van der Waals surface area contributed by atoms with Gasteiger partial charge in [-0.3, -0.25) is 19.7 Å². The van der Waals surface area contributed by atoms with E-state index in [1.807, 2.05) is 30.3 Å². The molecular weight excluding hydrogens is 336 g/mol. The number of anilines is 1. The van der Waals surface area contributed by atoms with Crippen molar-refractivity contribution in [2.75, 3.05) is 11.9 Å². The van der Waals surface area contributed by atoms with Crippen LogP contribution in [0.4, 0.5) is 11.4 Å². The highest BCUT2D eigenvalue weighted by atomic mass is 16.6. The van der Waals surface area contributed by atoms with Crippen molar-refractivity contribution >= 4 is 23.3 Å². The zero-order valence-electron chi connectivity index (χ0n) is 14.7. The molecule has 1 amide bonds. The molecule has 0 aromatic heterocycles. The maximum absolute atomic E-state index is 12.0. The van der Waals surface area contributed by atoms with Crippen molar-refractivity contribution < 1.29 is 19.2 Å². The first-order valence-corrected chi connectivity index (χ1v) is 8.12. The van der Waals surface area contributed by atoms with Gasteiger partial charge in [0, 0.05) is 12.5 Å². The van der Waals surface area contributed by atoms with Gasteiger partial charge in [-0.2, -0.15) is 0 Å². The van der Waals surface area contributed by atoms with Crippen LogP contribution in [0.5, 0.6) is 0 Å². The van der Waals surface area contributed by atoms with Gasteiger partial charge >= 0.3 is 5.97 Å². The molecule has 7 heteroatoms. The second-order valence-corrected chi connectivity index (χ2v) is 5.91. The first-order chi connectivity index (χ1) is 12.4. The fourth-order valence-electron chi connectivity index (χ4n) is 2.35. The average molecular weight is 356 g/mol. The van der Waals surface area contributed by atoms with E-state index in [1.54, 1.807) is 13.8 Å². The van der Waals surface area contributed by atoms with Crippen LogP contribution in [0.25, 0.3) is 0 Å². The second kappa shape index (κ2) is 8.75. The normalized spacial score (nSPS) is 10.2. The number of amides is 1. The van der Waals surface area contributed by atoms with Crippen LogP contribution in [-0.4, -0.2) is 23.4 Å². The van der Waals surface area contributed by atoms with E-state index >= 15 is 0 Å². The summed E-state index contributed by atoms with van der Waals surface area (Å²) in [5.41, 5.74) is 2.45. The molecule has 2 aromatic rings. The summed E-state index contributed by atoms with van der Waals surface area (Å²) in [6.45, 7) is 3.05. The molecule has 136 valence electrons. The van der Waals surface area contributed by atoms with E-state index in [0.29, 0.717) is 6.42 Å². The van der Waals surface area contributed by atoms with Crippen LogP contribution < -0.4 is 5.32 Å². The molecule has 0 unspecified atom stereocenters. The van der Waals surface area contributed by atoms with Gasteiger partial charge in [-0.05, 0) is 43.0 Å². The molecule has 1 N–H and O–H groups in total. The standard InChI is InChI=1S/C19H20N2O5/c1-13-10-16(17(21(24)25)11-14(13)2)20-18(22)12-26-19(23)9-8-15-6-4-3-5-7-15/h3-7,10-11H,8-9,12H2,1-2H3,(H,20,22). The van der Waals surface area contributed by atoms with Gasteiger partial charge in [-0.25, -0.2) is 0 Å². The Labute approximate surface area is 151 Å². The number of carbonyl (C=O) groups excluding carboxylic acids is 2. The Morgan fingerprint density at radius 1 is 1.12 bits per heavy atom. The number of nitro benzene ring substituents is 1. The minimum atomic E-state index is -0.621. The number of carbonyl (C=O) groups is 2. The molecule has 0 bridgehead atoms. The van der Waals surface area contributed by atoms with Crippen molar-refractivity contribution in [1.29, 1.82) is 0 Å². The van der Waals surface area contributed by atoms with Crippen LogP contribution in [0.2, 0.25) is 0 Å². The number of nitro groups is 1. The summed E-state index contributed by atoms with van der Waals surface area (Å²) < 4.78 is 4.93. The first-order valence-electron chi connectivity index (χ1n) is 8.12. The van der Waals surface area contributed by atoms with Gasteiger partial charge in [0.2, 0.25) is 0 Å². The predicted molar refractivity (Wildman–Crippen MR) is 96.9 cm³/mol. The number of nitrogens with zero attached hydrogens (tertiary/aromatic N) is 1. The van der Waals surface area contributed by atoms with E-state index in [0.717, 1.165) is 16.7 Å². The summed E-state index contributed by atoms with van der Waals surface area (Å²) in [4.78, 5) is 34.2. The van der Waals surface area contributed by atoms with Crippen molar-refractivity contribution in [3.8, 4) is 0 Å². The summed E-state index contributed by atoms with van der Waals surface area (Å²) in [6.07, 6.45) is 0.672. The molecule has 0 aliphatic rings. The number of rotatable bonds is 7. The van der Waals surface area contributed by atoms with Gasteiger partial charge < -0.3 is 10.1 Å². The lowest BCUT2D eigenvalue weighted by Gasteiger charge is -2.09. The van der Waals surface area contributed by atoms with E-state index in [2.05, 4.69) is 5.32 Å². The van der Waals surface area contributed by atoms with Gasteiger partial charge in [-0.1, -0.05) is 30.3 Å². The Kier molecular flexibility index (Phi) is 6.43. The lowest BCUT2D eigenvalue weighted by Crippen LogP contribution is -2.21. The molecule has 0 saturated heterocycles. The summed E-state index contributed by atoms with van der Waals surface area (Å²) in [5, 5.41) is 13.6. The fourth-order valence-corrected chi connectivity index (χ4v) is 2.35. The van der Waals surface area contributed by atoms with Crippen LogP contribution in [0, 0.1) is 24.0 Å². The van der Waals surface area contributed by atoms with Crippen LogP contribution in [0.3, 0.4) is 0 Å². The van der Waals surface area contributed by atoms with E-state index in [9.17, 15) is 19.7 Å². The topological polar surface area (TPSA) is 98.5 Å². The number of aryl methyl sites for hydroxylation is 3. The smallest absolute Gasteiger partial charge is 0.306 e. The monoisotopic (exact) mass is 356 g/mol. The Balaban J connectivity index is 1.88. The number of ether oxygens (including phenoxy) is 1. The van der Waals surface area contributed by atoms with Gasteiger partial charge in [-0.15, -0.1) is 0 Å². The SMILES string of the molecule is Cc1cc(NC(=O)COC(=O)CCc2ccccc2)c([N+](=O)[O-])cc1C. The van der Waals surface area contributed by atoms with Gasteiger partial charge in [0.05, 0.1) is 4.92 Å². The lowest BCUT2D eigenvalue weighted by molar-refractivity contribution is -0.384. The van der Waals surface area contributed by atoms with Crippen molar-refractivity contribution in [2.24, 2.45) is 0 Å². The zero-order valence-corrected chi connectivity index (χ0v) is 14.7. The predicted octanol–water partition coefficient (Wildman–Crippen LogP) is 3.33. The third-order valence-corrected chi connectivity index (χ3v) is 3.91. The number of esters is 1. The minimum absolute atomic E-state index is 0.0865. The number of benzene rings is 2. The first kappa shape index (κ1) is 19.1. The van der Waals surface area contributed by atoms with E-state index < -0.39 is 23.4 Å². The third-order valence-electron chi connectivity index (χ3n) is 3.91. The molecule has 2 aromatic carbocycles. The number of hydrogen-bond donors (Lipinski definition) is 1. The summed E-state index contributed by atoms with van der Waals surface area (Å²) >= 11 is 0. The number of nitrogens with one attached hydrogen (secondary N) is 1. The van der Waals surface area contributed by atoms with Gasteiger partial charge in [0.15, 0.2) is 6.61 Å².